The Balaban J connectivity index is 1.87. The number of anilines is 1. The van der Waals surface area contributed by atoms with Crippen molar-refractivity contribution in [1.29, 1.82) is 0 Å². The van der Waals surface area contributed by atoms with Crippen LogP contribution in [0.5, 0.6) is 5.75 Å². The van der Waals surface area contributed by atoms with Crippen LogP contribution in [0, 0.1) is 5.82 Å². The first-order valence-corrected chi connectivity index (χ1v) is 7.52. The summed E-state index contributed by atoms with van der Waals surface area (Å²) in [6.45, 7) is -0.120. The molecule has 110 valence electrons. The van der Waals surface area contributed by atoms with Gasteiger partial charge in [0.05, 0.1) is 10.2 Å². The van der Waals surface area contributed by atoms with Crippen LogP contribution in [0.15, 0.2) is 16.6 Å². The van der Waals surface area contributed by atoms with Gasteiger partial charge in [-0.25, -0.2) is 4.39 Å². The van der Waals surface area contributed by atoms with Gasteiger partial charge in [-0.15, -0.1) is 0 Å². The van der Waals surface area contributed by atoms with E-state index in [1.54, 1.807) is 0 Å². The fraction of sp³-hybridized carbons (Fsp3) is 0.500. The molecule has 6 heteroatoms. The molecule has 0 saturated heterocycles. The van der Waals surface area contributed by atoms with Gasteiger partial charge < -0.3 is 15.8 Å². The maximum Gasteiger partial charge on any atom is 0.258 e. The van der Waals surface area contributed by atoms with Gasteiger partial charge in [0.1, 0.15) is 5.82 Å². The molecule has 0 aromatic heterocycles. The van der Waals surface area contributed by atoms with Gasteiger partial charge in [0.2, 0.25) is 0 Å². The number of ether oxygens (including phenoxy) is 1. The van der Waals surface area contributed by atoms with Gasteiger partial charge in [0.15, 0.2) is 12.4 Å². The summed E-state index contributed by atoms with van der Waals surface area (Å²) < 4.78 is 18.8. The monoisotopic (exact) mass is 344 g/mol. The highest BCUT2D eigenvalue weighted by Gasteiger charge is 2.16. The summed E-state index contributed by atoms with van der Waals surface area (Å²) in [5, 5.41) is 2.95. The minimum absolute atomic E-state index is 0.120. The number of hydrogen-bond acceptors (Lipinski definition) is 3. The maximum absolute atomic E-state index is 13.1. The van der Waals surface area contributed by atoms with Crippen LogP contribution in [0.2, 0.25) is 0 Å². The lowest BCUT2D eigenvalue weighted by Gasteiger charge is -2.22. The number of carbonyl (C=O) groups excluding carboxylic acids is 1. The fourth-order valence-electron chi connectivity index (χ4n) is 2.39. The zero-order chi connectivity index (χ0) is 14.5. The highest BCUT2D eigenvalue weighted by Crippen LogP contribution is 2.32. The molecule has 0 heterocycles. The maximum atomic E-state index is 13.1. The summed E-state index contributed by atoms with van der Waals surface area (Å²) >= 11 is 3.17. The standard InChI is InChI=1S/C14H18BrFN2O2/c15-11-6-9(16)7-12(17)14(11)20-8-13(19)18-10-4-2-1-3-5-10/h6-7,10H,1-5,8,17H2,(H,18,19). The third-order valence-corrected chi connectivity index (χ3v) is 3.94. The zero-order valence-electron chi connectivity index (χ0n) is 11.1. The second-order valence-electron chi connectivity index (χ2n) is 5.00. The van der Waals surface area contributed by atoms with Crippen LogP contribution >= 0.6 is 15.9 Å². The lowest BCUT2D eigenvalue weighted by molar-refractivity contribution is -0.124. The summed E-state index contributed by atoms with van der Waals surface area (Å²) in [5.74, 6) is -0.328. The molecule has 3 N–H and O–H groups in total. The molecule has 1 aliphatic rings. The summed E-state index contributed by atoms with van der Waals surface area (Å²) in [6.07, 6.45) is 5.59. The first-order chi connectivity index (χ1) is 9.56. The third-order valence-electron chi connectivity index (χ3n) is 3.35. The Morgan fingerprint density at radius 3 is 2.75 bits per heavy atom. The lowest BCUT2D eigenvalue weighted by atomic mass is 9.95. The first-order valence-electron chi connectivity index (χ1n) is 6.73. The molecular weight excluding hydrogens is 327 g/mol. The number of nitrogens with one attached hydrogen (secondary N) is 1. The molecule has 2 rings (SSSR count). The molecule has 0 spiro atoms. The van der Waals surface area contributed by atoms with Gasteiger partial charge in [-0.1, -0.05) is 19.3 Å². The Kier molecular flexibility index (Phi) is 5.23. The van der Waals surface area contributed by atoms with Crippen LogP contribution < -0.4 is 15.8 Å². The summed E-state index contributed by atoms with van der Waals surface area (Å²) in [5.41, 5.74) is 5.83. The van der Waals surface area contributed by atoms with E-state index in [1.165, 1.54) is 18.6 Å². The zero-order valence-corrected chi connectivity index (χ0v) is 12.7. The van der Waals surface area contributed by atoms with Crippen molar-refractivity contribution < 1.29 is 13.9 Å². The van der Waals surface area contributed by atoms with Crippen molar-refractivity contribution in [2.75, 3.05) is 12.3 Å². The van der Waals surface area contributed by atoms with E-state index in [9.17, 15) is 9.18 Å². The van der Waals surface area contributed by atoms with Crippen LogP contribution in [0.1, 0.15) is 32.1 Å². The highest BCUT2D eigenvalue weighted by atomic mass is 79.9. The van der Waals surface area contributed by atoms with Crippen molar-refractivity contribution in [3.8, 4) is 5.75 Å². The minimum atomic E-state index is -0.451. The molecule has 0 unspecified atom stereocenters. The Morgan fingerprint density at radius 2 is 2.10 bits per heavy atom. The average Bonchev–Trinajstić information content (AvgIpc) is 2.38. The number of nitrogens with two attached hydrogens (primary N) is 1. The number of carbonyl (C=O) groups is 1. The largest absolute Gasteiger partial charge is 0.480 e. The van der Waals surface area contributed by atoms with Crippen molar-refractivity contribution in [3.05, 3.63) is 22.4 Å². The smallest absolute Gasteiger partial charge is 0.258 e. The van der Waals surface area contributed by atoms with Crippen molar-refractivity contribution in [2.45, 2.75) is 38.1 Å². The van der Waals surface area contributed by atoms with Crippen LogP contribution in [-0.4, -0.2) is 18.6 Å². The number of nitrogen functional groups attached to an aromatic ring is 1. The van der Waals surface area contributed by atoms with E-state index in [1.807, 2.05) is 0 Å². The van der Waals surface area contributed by atoms with Crippen LogP contribution in [0.4, 0.5) is 10.1 Å². The molecule has 0 radical (unpaired) electrons. The molecule has 1 aromatic carbocycles. The van der Waals surface area contributed by atoms with Crippen molar-refractivity contribution in [2.24, 2.45) is 0 Å². The Bertz CT molecular complexity index is 467. The van der Waals surface area contributed by atoms with E-state index in [4.69, 9.17) is 10.5 Å². The number of benzene rings is 1. The molecule has 1 aliphatic carbocycles. The molecule has 1 saturated carbocycles. The van der Waals surface area contributed by atoms with E-state index in [-0.39, 0.29) is 24.2 Å². The number of hydrogen-bond donors (Lipinski definition) is 2. The Hall–Kier alpha value is -1.30. The van der Waals surface area contributed by atoms with Gasteiger partial charge in [-0.2, -0.15) is 0 Å². The Labute approximate surface area is 126 Å². The molecule has 0 bridgehead atoms. The van der Waals surface area contributed by atoms with Gasteiger partial charge in [0, 0.05) is 12.1 Å². The van der Waals surface area contributed by atoms with Gasteiger partial charge in [-0.3, -0.25) is 4.79 Å². The predicted octanol–water partition coefficient (Wildman–Crippen LogP) is 3.00. The van der Waals surface area contributed by atoms with Crippen molar-refractivity contribution in [3.63, 3.8) is 0 Å². The van der Waals surface area contributed by atoms with Gasteiger partial charge in [0.25, 0.3) is 5.91 Å². The first kappa shape index (κ1) is 15.1. The summed E-state index contributed by atoms with van der Waals surface area (Å²) in [4.78, 5) is 11.8. The summed E-state index contributed by atoms with van der Waals surface area (Å²) in [7, 11) is 0. The fourth-order valence-corrected chi connectivity index (χ4v) is 2.95. The third kappa shape index (κ3) is 4.10. The van der Waals surface area contributed by atoms with E-state index in [2.05, 4.69) is 21.2 Å². The predicted molar refractivity (Wildman–Crippen MR) is 79.0 cm³/mol. The highest BCUT2D eigenvalue weighted by molar-refractivity contribution is 9.10. The average molecular weight is 345 g/mol. The van der Waals surface area contributed by atoms with E-state index in [0.29, 0.717) is 10.2 Å². The van der Waals surface area contributed by atoms with Crippen molar-refractivity contribution >= 4 is 27.5 Å². The molecule has 20 heavy (non-hydrogen) atoms. The molecule has 0 aliphatic heterocycles. The second-order valence-corrected chi connectivity index (χ2v) is 5.85. The van der Waals surface area contributed by atoms with E-state index < -0.39 is 5.82 Å². The minimum Gasteiger partial charge on any atom is -0.480 e. The number of halogens is 2. The van der Waals surface area contributed by atoms with E-state index >= 15 is 0 Å². The van der Waals surface area contributed by atoms with Crippen molar-refractivity contribution in [1.82, 2.24) is 5.32 Å². The molecular formula is C14H18BrFN2O2. The van der Waals surface area contributed by atoms with Crippen LogP contribution in [0.3, 0.4) is 0 Å². The molecule has 4 nitrogen and oxygen atoms in total. The number of amides is 1. The Morgan fingerprint density at radius 1 is 1.40 bits per heavy atom. The SMILES string of the molecule is Nc1cc(F)cc(Br)c1OCC(=O)NC1CCCCC1. The summed E-state index contributed by atoms with van der Waals surface area (Å²) in [6, 6.07) is 2.66. The van der Waals surface area contributed by atoms with Crippen LogP contribution in [0.25, 0.3) is 0 Å². The van der Waals surface area contributed by atoms with Gasteiger partial charge in [-0.05, 0) is 34.8 Å². The molecule has 0 atom stereocenters. The lowest BCUT2D eigenvalue weighted by Crippen LogP contribution is -2.39. The molecule has 1 aromatic rings. The van der Waals surface area contributed by atoms with Crippen LogP contribution in [-0.2, 0) is 4.79 Å². The molecule has 1 fully saturated rings. The number of rotatable bonds is 4. The molecule has 1 amide bonds. The topological polar surface area (TPSA) is 64.3 Å². The van der Waals surface area contributed by atoms with E-state index in [0.717, 1.165) is 25.7 Å². The quantitative estimate of drug-likeness (QED) is 0.825. The van der Waals surface area contributed by atoms with Gasteiger partial charge >= 0.3 is 0 Å². The normalized spacial score (nSPS) is 15.9. The second kappa shape index (κ2) is 6.92.